The zero-order valence-corrected chi connectivity index (χ0v) is 25.2. The van der Waals surface area contributed by atoms with Gasteiger partial charge in [0, 0.05) is 45.3 Å². The van der Waals surface area contributed by atoms with E-state index in [1.807, 2.05) is 48.7 Å². The van der Waals surface area contributed by atoms with Gasteiger partial charge >= 0.3 is 0 Å². The summed E-state index contributed by atoms with van der Waals surface area (Å²) in [6.07, 6.45) is 8.60. The van der Waals surface area contributed by atoms with Crippen LogP contribution < -0.4 is 5.32 Å². The number of carbonyl (C=O) groups excluding carboxylic acids is 1. The Bertz CT molecular complexity index is 1720. The smallest absolute Gasteiger partial charge is 0.255 e. The van der Waals surface area contributed by atoms with Gasteiger partial charge in [0.15, 0.2) is 0 Å². The van der Waals surface area contributed by atoms with Gasteiger partial charge in [-0.3, -0.25) is 4.79 Å². The van der Waals surface area contributed by atoms with Crippen LogP contribution >= 0.6 is 22.9 Å². The summed E-state index contributed by atoms with van der Waals surface area (Å²) < 4.78 is 7.65. The van der Waals surface area contributed by atoms with Crippen LogP contribution in [0.5, 0.6) is 0 Å². The molecule has 1 atom stereocenters. The van der Waals surface area contributed by atoms with E-state index in [4.69, 9.17) is 21.0 Å². The Morgan fingerprint density at radius 2 is 1.95 bits per heavy atom. The van der Waals surface area contributed by atoms with E-state index in [0.29, 0.717) is 24.6 Å². The van der Waals surface area contributed by atoms with Crippen LogP contribution in [0.3, 0.4) is 0 Å². The molecule has 0 spiro atoms. The van der Waals surface area contributed by atoms with Gasteiger partial charge < -0.3 is 14.3 Å². The van der Waals surface area contributed by atoms with Crippen molar-refractivity contribution in [3.8, 4) is 0 Å². The van der Waals surface area contributed by atoms with E-state index in [0.717, 1.165) is 62.6 Å². The second-order valence-electron chi connectivity index (χ2n) is 11.8. The molecule has 0 saturated heterocycles. The van der Waals surface area contributed by atoms with Crippen molar-refractivity contribution in [3.05, 3.63) is 111 Å². The lowest BCUT2D eigenvalue weighted by Gasteiger charge is -2.33. The molecule has 7 heteroatoms. The number of thiophene rings is 1. The van der Waals surface area contributed by atoms with Crippen molar-refractivity contribution in [2.75, 3.05) is 0 Å². The van der Waals surface area contributed by atoms with Crippen molar-refractivity contribution in [1.82, 2.24) is 9.88 Å². The van der Waals surface area contributed by atoms with Crippen LogP contribution in [-0.2, 0) is 25.9 Å². The number of benzene rings is 2. The van der Waals surface area contributed by atoms with Gasteiger partial charge in [0.2, 0.25) is 0 Å². The third-order valence-corrected chi connectivity index (χ3v) is 9.67. The molecule has 3 heterocycles. The summed E-state index contributed by atoms with van der Waals surface area (Å²) in [5, 5.41) is 5.70. The maximum atomic E-state index is 13.6. The summed E-state index contributed by atoms with van der Waals surface area (Å²) >= 11 is 8.15. The number of nitrogens with zero attached hydrogens (tertiary/aromatic N) is 2. The molecule has 0 bridgehead atoms. The number of rotatable bonds is 7. The Morgan fingerprint density at radius 1 is 1.15 bits per heavy atom. The Balaban J connectivity index is 1.35. The fourth-order valence-corrected chi connectivity index (χ4v) is 7.22. The highest BCUT2D eigenvalue weighted by atomic mass is 35.5. The molecule has 6 rings (SSSR count). The molecule has 1 amide bonds. The minimum atomic E-state index is -0.0959. The quantitative estimate of drug-likeness (QED) is 0.195. The monoisotopic (exact) mass is 583 g/mol. The third kappa shape index (κ3) is 5.77. The molecule has 3 aromatic heterocycles. The number of hydrogen-bond acceptors (Lipinski definition) is 4. The minimum absolute atomic E-state index is 0.0959. The van der Waals surface area contributed by atoms with E-state index in [1.54, 1.807) is 17.6 Å². The van der Waals surface area contributed by atoms with E-state index in [2.05, 4.69) is 55.1 Å². The van der Waals surface area contributed by atoms with E-state index >= 15 is 0 Å². The standard InChI is InChI=1S/C34H34ClN3O2S/c1-34(2,3)24-14-15-27-30(17-24)41-33(31(27)32(39)36-19-25-10-8-16-40-25)37-18-23-21-38(29-13-7-5-11-26(23)29)20-22-9-4-6-12-28(22)35/h4-13,16,18,21,24H,14-15,17,19-20H2,1-3H3,(H,36,39)/t24-/m0/s1. The molecule has 2 aromatic carbocycles. The molecule has 0 saturated carbocycles. The van der Waals surface area contributed by atoms with E-state index < -0.39 is 0 Å². The number of para-hydroxylation sites is 1. The summed E-state index contributed by atoms with van der Waals surface area (Å²) in [6, 6.07) is 20.0. The predicted octanol–water partition coefficient (Wildman–Crippen LogP) is 8.83. The van der Waals surface area contributed by atoms with Crippen LogP contribution in [0.15, 0.2) is 82.5 Å². The van der Waals surface area contributed by atoms with Gasteiger partial charge in [-0.1, -0.05) is 68.8 Å². The van der Waals surface area contributed by atoms with Crippen LogP contribution in [-0.4, -0.2) is 16.7 Å². The largest absolute Gasteiger partial charge is 0.467 e. The summed E-state index contributed by atoms with van der Waals surface area (Å²) in [5.41, 5.74) is 5.27. The van der Waals surface area contributed by atoms with Crippen molar-refractivity contribution in [1.29, 1.82) is 0 Å². The molecule has 0 radical (unpaired) electrons. The fourth-order valence-electron chi connectivity index (χ4n) is 5.75. The Morgan fingerprint density at radius 3 is 2.73 bits per heavy atom. The van der Waals surface area contributed by atoms with Gasteiger partial charge in [0.05, 0.1) is 18.4 Å². The average Bonchev–Trinajstić information content (AvgIpc) is 3.69. The molecule has 0 fully saturated rings. The minimum Gasteiger partial charge on any atom is -0.467 e. The molecule has 1 aliphatic carbocycles. The number of amides is 1. The summed E-state index contributed by atoms with van der Waals surface area (Å²) in [7, 11) is 0. The summed E-state index contributed by atoms with van der Waals surface area (Å²) in [4.78, 5) is 19.9. The number of carbonyl (C=O) groups is 1. The first-order valence-corrected chi connectivity index (χ1v) is 15.3. The highest BCUT2D eigenvalue weighted by Crippen LogP contribution is 2.45. The van der Waals surface area contributed by atoms with Gasteiger partial charge in [0.25, 0.3) is 5.91 Å². The van der Waals surface area contributed by atoms with Crippen LogP contribution in [0.1, 0.15) is 64.9 Å². The molecule has 41 heavy (non-hydrogen) atoms. The van der Waals surface area contributed by atoms with Gasteiger partial charge in [-0.25, -0.2) is 4.99 Å². The molecular weight excluding hydrogens is 550 g/mol. The predicted molar refractivity (Wildman–Crippen MR) is 169 cm³/mol. The topological polar surface area (TPSA) is 59.5 Å². The maximum Gasteiger partial charge on any atom is 0.255 e. The Labute approximate surface area is 249 Å². The number of halogens is 1. The number of nitrogens with one attached hydrogen (secondary N) is 1. The molecule has 5 nitrogen and oxygen atoms in total. The first kappa shape index (κ1) is 27.6. The Hall–Kier alpha value is -3.61. The number of furan rings is 1. The van der Waals surface area contributed by atoms with Crippen molar-refractivity contribution in [2.45, 2.75) is 53.1 Å². The Kier molecular flexibility index (Phi) is 7.62. The molecule has 5 aromatic rings. The lowest BCUT2D eigenvalue weighted by Crippen LogP contribution is -2.28. The zero-order valence-electron chi connectivity index (χ0n) is 23.6. The first-order chi connectivity index (χ1) is 19.8. The molecule has 1 N–H and O–H groups in total. The molecule has 1 aliphatic rings. The van der Waals surface area contributed by atoms with Gasteiger partial charge in [-0.15, -0.1) is 11.3 Å². The molecule has 0 aliphatic heterocycles. The fraction of sp³-hybridized carbons (Fsp3) is 0.294. The highest BCUT2D eigenvalue weighted by Gasteiger charge is 2.33. The lowest BCUT2D eigenvalue weighted by molar-refractivity contribution is 0.0947. The summed E-state index contributed by atoms with van der Waals surface area (Å²) in [5.74, 6) is 1.21. The van der Waals surface area contributed by atoms with Crippen molar-refractivity contribution in [2.24, 2.45) is 16.3 Å². The summed E-state index contributed by atoms with van der Waals surface area (Å²) in [6.45, 7) is 7.94. The average molecular weight is 584 g/mol. The SMILES string of the molecule is CC(C)(C)[C@H]1CCc2c(sc(N=Cc3cn(Cc4ccccc4Cl)c4ccccc34)c2C(=O)NCc2ccco2)C1. The number of fused-ring (bicyclic) bond motifs is 2. The zero-order chi connectivity index (χ0) is 28.6. The normalized spacial score (nSPS) is 15.5. The van der Waals surface area contributed by atoms with Gasteiger partial charge in [-0.05, 0) is 66.0 Å². The molecule has 210 valence electrons. The first-order valence-electron chi connectivity index (χ1n) is 14.1. The van der Waals surface area contributed by atoms with Crippen LogP contribution in [0, 0.1) is 11.3 Å². The van der Waals surface area contributed by atoms with Gasteiger partial charge in [0.1, 0.15) is 10.8 Å². The second kappa shape index (κ2) is 11.3. The third-order valence-electron chi connectivity index (χ3n) is 8.14. The van der Waals surface area contributed by atoms with Gasteiger partial charge in [-0.2, -0.15) is 0 Å². The maximum absolute atomic E-state index is 13.6. The van der Waals surface area contributed by atoms with Crippen molar-refractivity contribution < 1.29 is 9.21 Å². The molecule has 0 unspecified atom stereocenters. The van der Waals surface area contributed by atoms with Crippen LogP contribution in [0.25, 0.3) is 10.9 Å². The van der Waals surface area contributed by atoms with E-state index in [-0.39, 0.29) is 11.3 Å². The van der Waals surface area contributed by atoms with E-state index in [9.17, 15) is 4.79 Å². The number of aliphatic imine (C=N–C) groups is 1. The lowest BCUT2D eigenvalue weighted by atomic mass is 9.72. The van der Waals surface area contributed by atoms with Crippen LogP contribution in [0.4, 0.5) is 5.00 Å². The molecular formula is C34H34ClN3O2S. The van der Waals surface area contributed by atoms with Crippen molar-refractivity contribution >= 4 is 51.0 Å². The number of aromatic nitrogens is 1. The van der Waals surface area contributed by atoms with E-state index in [1.165, 1.54) is 4.88 Å². The van der Waals surface area contributed by atoms with Crippen LogP contribution in [0.2, 0.25) is 5.02 Å². The highest BCUT2D eigenvalue weighted by molar-refractivity contribution is 7.16. The number of hydrogen-bond donors (Lipinski definition) is 1. The second-order valence-corrected chi connectivity index (χ2v) is 13.3. The van der Waals surface area contributed by atoms with Crippen molar-refractivity contribution in [3.63, 3.8) is 0 Å².